The van der Waals surface area contributed by atoms with Crippen LogP contribution in [0.1, 0.15) is 10.6 Å². The Balaban J connectivity index is 2.25. The third kappa shape index (κ3) is 2.85. The van der Waals surface area contributed by atoms with Crippen LogP contribution >= 0.6 is 11.3 Å². The summed E-state index contributed by atoms with van der Waals surface area (Å²) in [6.07, 6.45) is 0.669. The average Bonchev–Trinajstić information content (AvgIpc) is 2.74. The number of ether oxygens (including phenoxy) is 2. The number of nitrogens with zero attached hydrogens (tertiary/aromatic N) is 2. The third-order valence-electron chi connectivity index (χ3n) is 2.25. The van der Waals surface area contributed by atoms with E-state index in [1.807, 2.05) is 18.2 Å². The van der Waals surface area contributed by atoms with Gasteiger partial charge < -0.3 is 15.2 Å². The number of nitrogen functional groups attached to an aromatic ring is 1. The standard InChI is InChI=1S/C11H13N3O2S/c1-15-8-3-7(4-9(6-8)16-2)5-10-13-14-11(12)17-10/h3-4,6H,5H2,1-2H3,(H2,12,14). The predicted octanol–water partition coefficient (Wildman–Crippen LogP) is 1.73. The zero-order valence-electron chi connectivity index (χ0n) is 9.64. The minimum absolute atomic E-state index is 0.481. The molecule has 0 radical (unpaired) electrons. The van der Waals surface area contributed by atoms with Crippen LogP contribution in [0, 0.1) is 0 Å². The molecule has 0 saturated heterocycles. The Morgan fingerprint density at radius 3 is 2.24 bits per heavy atom. The molecule has 0 aliphatic carbocycles. The van der Waals surface area contributed by atoms with Crippen molar-refractivity contribution < 1.29 is 9.47 Å². The van der Waals surface area contributed by atoms with Crippen LogP contribution in [-0.2, 0) is 6.42 Å². The van der Waals surface area contributed by atoms with Gasteiger partial charge in [-0.2, -0.15) is 0 Å². The molecule has 0 aliphatic rings. The van der Waals surface area contributed by atoms with Crippen LogP contribution in [0.4, 0.5) is 5.13 Å². The van der Waals surface area contributed by atoms with Gasteiger partial charge in [0, 0.05) is 12.5 Å². The van der Waals surface area contributed by atoms with E-state index in [1.165, 1.54) is 11.3 Å². The monoisotopic (exact) mass is 251 g/mol. The lowest BCUT2D eigenvalue weighted by Crippen LogP contribution is -1.92. The van der Waals surface area contributed by atoms with Crippen molar-refractivity contribution in [2.75, 3.05) is 20.0 Å². The van der Waals surface area contributed by atoms with Gasteiger partial charge >= 0.3 is 0 Å². The lowest BCUT2D eigenvalue weighted by atomic mass is 10.1. The van der Waals surface area contributed by atoms with E-state index >= 15 is 0 Å². The van der Waals surface area contributed by atoms with Crippen molar-refractivity contribution in [1.82, 2.24) is 10.2 Å². The molecule has 0 fully saturated rings. The minimum atomic E-state index is 0.481. The zero-order chi connectivity index (χ0) is 12.3. The van der Waals surface area contributed by atoms with Crippen LogP contribution in [0.3, 0.4) is 0 Å². The van der Waals surface area contributed by atoms with Crippen molar-refractivity contribution in [3.8, 4) is 11.5 Å². The first kappa shape index (κ1) is 11.7. The molecule has 2 aromatic rings. The Bertz CT molecular complexity index is 491. The van der Waals surface area contributed by atoms with Gasteiger partial charge in [-0.1, -0.05) is 11.3 Å². The van der Waals surface area contributed by atoms with Crippen LogP contribution in [0.2, 0.25) is 0 Å². The van der Waals surface area contributed by atoms with Gasteiger partial charge in [0.2, 0.25) is 5.13 Å². The maximum atomic E-state index is 5.54. The number of benzene rings is 1. The molecule has 0 bridgehead atoms. The summed E-state index contributed by atoms with van der Waals surface area (Å²) in [6.45, 7) is 0. The fourth-order valence-electron chi connectivity index (χ4n) is 1.48. The Morgan fingerprint density at radius 2 is 1.76 bits per heavy atom. The van der Waals surface area contributed by atoms with E-state index in [-0.39, 0.29) is 0 Å². The lowest BCUT2D eigenvalue weighted by molar-refractivity contribution is 0.393. The third-order valence-corrected chi connectivity index (χ3v) is 3.00. The molecule has 2 rings (SSSR count). The van der Waals surface area contributed by atoms with E-state index in [4.69, 9.17) is 15.2 Å². The van der Waals surface area contributed by atoms with Crippen LogP contribution in [-0.4, -0.2) is 24.4 Å². The first-order valence-electron chi connectivity index (χ1n) is 5.01. The molecule has 1 aromatic carbocycles. The van der Waals surface area contributed by atoms with Crippen LogP contribution in [0.15, 0.2) is 18.2 Å². The molecule has 0 aliphatic heterocycles. The van der Waals surface area contributed by atoms with Crippen LogP contribution in [0.25, 0.3) is 0 Å². The van der Waals surface area contributed by atoms with Crippen LogP contribution in [0.5, 0.6) is 11.5 Å². The topological polar surface area (TPSA) is 70.3 Å². The fraction of sp³-hybridized carbons (Fsp3) is 0.273. The molecule has 90 valence electrons. The van der Waals surface area contributed by atoms with Crippen molar-refractivity contribution >= 4 is 16.5 Å². The highest BCUT2D eigenvalue weighted by atomic mass is 32.1. The summed E-state index contributed by atoms with van der Waals surface area (Å²) in [6, 6.07) is 5.72. The molecule has 5 nitrogen and oxygen atoms in total. The summed E-state index contributed by atoms with van der Waals surface area (Å²) in [4.78, 5) is 0. The molecule has 0 unspecified atom stereocenters. The molecule has 0 spiro atoms. The Morgan fingerprint density at radius 1 is 1.12 bits per heavy atom. The highest BCUT2D eigenvalue weighted by Gasteiger charge is 2.06. The number of hydrogen-bond donors (Lipinski definition) is 1. The van der Waals surface area contributed by atoms with Crippen molar-refractivity contribution in [2.45, 2.75) is 6.42 Å². The summed E-state index contributed by atoms with van der Waals surface area (Å²) in [5.74, 6) is 1.52. The number of hydrogen-bond acceptors (Lipinski definition) is 6. The largest absolute Gasteiger partial charge is 0.497 e. The molecule has 17 heavy (non-hydrogen) atoms. The first-order valence-corrected chi connectivity index (χ1v) is 5.82. The lowest BCUT2D eigenvalue weighted by Gasteiger charge is -2.07. The zero-order valence-corrected chi connectivity index (χ0v) is 10.5. The first-order chi connectivity index (χ1) is 8.21. The van der Waals surface area contributed by atoms with Gasteiger partial charge in [-0.05, 0) is 17.7 Å². The van der Waals surface area contributed by atoms with Gasteiger partial charge in [-0.25, -0.2) is 0 Å². The highest BCUT2D eigenvalue weighted by molar-refractivity contribution is 7.15. The van der Waals surface area contributed by atoms with Gasteiger partial charge in [0.25, 0.3) is 0 Å². The van der Waals surface area contributed by atoms with E-state index in [9.17, 15) is 0 Å². The van der Waals surface area contributed by atoms with Gasteiger partial charge in [-0.3, -0.25) is 0 Å². The Kier molecular flexibility index (Phi) is 3.43. The van der Waals surface area contributed by atoms with E-state index in [2.05, 4.69) is 10.2 Å². The number of rotatable bonds is 4. The molecular weight excluding hydrogens is 238 g/mol. The van der Waals surface area contributed by atoms with Crippen molar-refractivity contribution in [3.63, 3.8) is 0 Å². The van der Waals surface area contributed by atoms with Gasteiger partial charge in [0.05, 0.1) is 14.2 Å². The van der Waals surface area contributed by atoms with Gasteiger partial charge in [0.1, 0.15) is 16.5 Å². The second-order valence-corrected chi connectivity index (χ2v) is 4.53. The van der Waals surface area contributed by atoms with Crippen molar-refractivity contribution in [3.05, 3.63) is 28.8 Å². The second kappa shape index (κ2) is 5.01. The summed E-state index contributed by atoms with van der Waals surface area (Å²) in [7, 11) is 3.25. The molecular formula is C11H13N3O2S. The number of anilines is 1. The fourth-order valence-corrected chi connectivity index (χ4v) is 2.12. The molecule has 1 aromatic heterocycles. The number of aromatic nitrogens is 2. The molecule has 0 saturated carbocycles. The van der Waals surface area contributed by atoms with Gasteiger partial charge in [-0.15, -0.1) is 10.2 Å². The predicted molar refractivity (Wildman–Crippen MR) is 66.7 cm³/mol. The summed E-state index contributed by atoms with van der Waals surface area (Å²) < 4.78 is 10.4. The van der Waals surface area contributed by atoms with E-state index in [1.54, 1.807) is 14.2 Å². The van der Waals surface area contributed by atoms with E-state index < -0.39 is 0 Å². The molecule has 0 amide bonds. The maximum Gasteiger partial charge on any atom is 0.203 e. The highest BCUT2D eigenvalue weighted by Crippen LogP contribution is 2.25. The van der Waals surface area contributed by atoms with Crippen molar-refractivity contribution in [1.29, 1.82) is 0 Å². The summed E-state index contributed by atoms with van der Waals surface area (Å²) >= 11 is 1.38. The maximum absolute atomic E-state index is 5.54. The Hall–Kier alpha value is -1.82. The normalized spacial score (nSPS) is 10.2. The van der Waals surface area contributed by atoms with Gasteiger partial charge in [0.15, 0.2) is 0 Å². The smallest absolute Gasteiger partial charge is 0.203 e. The Labute approximate surface area is 103 Å². The second-order valence-electron chi connectivity index (χ2n) is 3.43. The summed E-state index contributed by atoms with van der Waals surface area (Å²) in [5.41, 5.74) is 6.59. The summed E-state index contributed by atoms with van der Waals surface area (Å²) in [5, 5.41) is 9.12. The molecule has 6 heteroatoms. The molecule has 1 heterocycles. The molecule has 0 atom stereocenters. The average molecular weight is 251 g/mol. The van der Waals surface area contributed by atoms with E-state index in [0.717, 1.165) is 22.1 Å². The SMILES string of the molecule is COc1cc(Cc2nnc(N)s2)cc(OC)c1. The van der Waals surface area contributed by atoms with E-state index in [0.29, 0.717) is 11.6 Å². The quantitative estimate of drug-likeness (QED) is 0.896. The van der Waals surface area contributed by atoms with Crippen LogP contribution < -0.4 is 15.2 Å². The minimum Gasteiger partial charge on any atom is -0.497 e. The van der Waals surface area contributed by atoms with Crippen molar-refractivity contribution in [2.24, 2.45) is 0 Å². The molecule has 2 N–H and O–H groups in total. The number of methoxy groups -OCH3 is 2. The number of nitrogens with two attached hydrogens (primary N) is 1.